The third kappa shape index (κ3) is 3.67. The Morgan fingerprint density at radius 2 is 2.12 bits per heavy atom. The SMILES string of the molecule is COc1cc(Br)cc2cc(C(=O)N/N=C\c3cc(C)n(C(C)C)c3)oc12. The molecule has 0 fully saturated rings. The first-order valence-corrected chi connectivity index (χ1v) is 8.97. The number of hydrogen-bond acceptors (Lipinski definition) is 4. The number of rotatable bonds is 5. The van der Waals surface area contributed by atoms with Crippen molar-refractivity contribution in [1.82, 2.24) is 9.99 Å². The third-order valence-electron chi connectivity index (χ3n) is 4.00. The minimum absolute atomic E-state index is 0.171. The summed E-state index contributed by atoms with van der Waals surface area (Å²) in [6.07, 6.45) is 3.61. The molecule has 1 N–H and O–H groups in total. The number of halogens is 1. The van der Waals surface area contributed by atoms with Crippen molar-refractivity contribution in [2.45, 2.75) is 26.8 Å². The van der Waals surface area contributed by atoms with Crippen LogP contribution < -0.4 is 10.2 Å². The van der Waals surface area contributed by atoms with Crippen LogP contribution >= 0.6 is 15.9 Å². The summed E-state index contributed by atoms with van der Waals surface area (Å²) in [6, 6.07) is 7.69. The fourth-order valence-corrected chi connectivity index (χ4v) is 3.27. The van der Waals surface area contributed by atoms with Gasteiger partial charge in [0.15, 0.2) is 17.1 Å². The summed E-state index contributed by atoms with van der Waals surface area (Å²) in [5, 5.41) is 4.80. The number of amides is 1. The summed E-state index contributed by atoms with van der Waals surface area (Å²) in [5.74, 6) is 0.308. The number of fused-ring (bicyclic) bond motifs is 1. The Balaban J connectivity index is 1.76. The summed E-state index contributed by atoms with van der Waals surface area (Å²) >= 11 is 3.41. The van der Waals surface area contributed by atoms with Gasteiger partial charge in [-0.3, -0.25) is 4.79 Å². The number of aryl methyl sites for hydroxylation is 1. The molecule has 1 aromatic carbocycles. The Morgan fingerprint density at radius 1 is 1.35 bits per heavy atom. The molecule has 0 aliphatic carbocycles. The van der Waals surface area contributed by atoms with E-state index in [4.69, 9.17) is 9.15 Å². The van der Waals surface area contributed by atoms with E-state index in [0.29, 0.717) is 17.4 Å². The molecule has 136 valence electrons. The maximum Gasteiger partial charge on any atom is 0.307 e. The summed E-state index contributed by atoms with van der Waals surface area (Å²) in [6.45, 7) is 6.27. The molecular weight excluding hydrogens is 398 g/mol. The molecule has 0 atom stereocenters. The Kier molecular flexibility index (Phi) is 5.18. The van der Waals surface area contributed by atoms with Gasteiger partial charge in [-0.05, 0) is 45.0 Å². The van der Waals surface area contributed by atoms with Gasteiger partial charge in [-0.1, -0.05) is 15.9 Å². The first-order valence-electron chi connectivity index (χ1n) is 8.18. The number of benzene rings is 1. The molecule has 2 aromatic heterocycles. The number of carbonyl (C=O) groups is 1. The zero-order valence-electron chi connectivity index (χ0n) is 15.0. The molecule has 0 bridgehead atoms. The lowest BCUT2D eigenvalue weighted by atomic mass is 10.2. The fraction of sp³-hybridized carbons (Fsp3) is 0.263. The number of hydrazone groups is 1. The van der Waals surface area contributed by atoms with Gasteiger partial charge in [-0.15, -0.1) is 0 Å². The van der Waals surface area contributed by atoms with E-state index in [1.54, 1.807) is 25.5 Å². The van der Waals surface area contributed by atoms with Gasteiger partial charge in [0.1, 0.15) is 0 Å². The van der Waals surface area contributed by atoms with Crippen LogP contribution in [-0.4, -0.2) is 23.8 Å². The molecular formula is C19H20BrN3O3. The largest absolute Gasteiger partial charge is 0.493 e. The maximum atomic E-state index is 12.3. The van der Waals surface area contributed by atoms with Crippen molar-refractivity contribution in [1.29, 1.82) is 0 Å². The average molecular weight is 418 g/mol. The first kappa shape index (κ1) is 18.3. The first-order chi connectivity index (χ1) is 12.4. The van der Waals surface area contributed by atoms with Crippen LogP contribution in [0.25, 0.3) is 11.0 Å². The topological polar surface area (TPSA) is 68.8 Å². The van der Waals surface area contributed by atoms with Crippen LogP contribution in [-0.2, 0) is 0 Å². The predicted octanol–water partition coefficient (Wildman–Crippen LogP) is 4.66. The second-order valence-electron chi connectivity index (χ2n) is 6.25. The molecule has 0 radical (unpaired) electrons. The highest BCUT2D eigenvalue weighted by atomic mass is 79.9. The molecule has 7 heteroatoms. The van der Waals surface area contributed by atoms with E-state index in [0.717, 1.165) is 21.1 Å². The van der Waals surface area contributed by atoms with Gasteiger partial charge in [-0.25, -0.2) is 5.43 Å². The lowest BCUT2D eigenvalue weighted by Crippen LogP contribution is -2.16. The van der Waals surface area contributed by atoms with Gasteiger partial charge < -0.3 is 13.7 Å². The Morgan fingerprint density at radius 3 is 2.77 bits per heavy atom. The quantitative estimate of drug-likeness (QED) is 0.484. The lowest BCUT2D eigenvalue weighted by molar-refractivity contribution is 0.0929. The van der Waals surface area contributed by atoms with Gasteiger partial charge in [0, 0.05) is 33.4 Å². The molecule has 0 aliphatic heterocycles. The Bertz CT molecular complexity index is 985. The van der Waals surface area contributed by atoms with Crippen molar-refractivity contribution in [3.8, 4) is 5.75 Å². The molecule has 1 amide bonds. The van der Waals surface area contributed by atoms with Crippen LogP contribution in [0.1, 0.15) is 41.7 Å². The molecule has 0 aliphatic rings. The summed E-state index contributed by atoms with van der Waals surface area (Å²) in [7, 11) is 1.55. The molecule has 0 saturated carbocycles. The number of furan rings is 1. The number of aromatic nitrogens is 1. The van der Waals surface area contributed by atoms with Crippen LogP contribution in [0, 0.1) is 6.92 Å². The van der Waals surface area contributed by atoms with E-state index in [2.05, 4.69) is 44.9 Å². The van der Waals surface area contributed by atoms with Gasteiger partial charge in [0.2, 0.25) is 0 Å². The highest BCUT2D eigenvalue weighted by Crippen LogP contribution is 2.32. The summed E-state index contributed by atoms with van der Waals surface area (Å²) in [5.41, 5.74) is 5.08. The van der Waals surface area contributed by atoms with Crippen molar-refractivity contribution >= 4 is 39.0 Å². The van der Waals surface area contributed by atoms with Gasteiger partial charge in [-0.2, -0.15) is 5.10 Å². The molecule has 0 saturated heterocycles. The van der Waals surface area contributed by atoms with Gasteiger partial charge >= 0.3 is 5.91 Å². The highest BCUT2D eigenvalue weighted by molar-refractivity contribution is 9.10. The standard InChI is InChI=1S/C19H20BrN3O3/c1-11(2)23-10-13(5-12(23)3)9-21-22-19(24)17-7-14-6-15(20)8-16(25-4)18(14)26-17/h5-11H,1-4H3,(H,22,24)/b21-9-. The van der Waals surface area contributed by atoms with Crippen LogP contribution in [0.5, 0.6) is 5.75 Å². The second-order valence-corrected chi connectivity index (χ2v) is 7.17. The zero-order chi connectivity index (χ0) is 18.8. The number of nitrogens with zero attached hydrogens (tertiary/aromatic N) is 2. The Labute approximate surface area is 159 Å². The molecule has 0 spiro atoms. The predicted molar refractivity (Wildman–Crippen MR) is 105 cm³/mol. The minimum atomic E-state index is -0.421. The Hall–Kier alpha value is -2.54. The second kappa shape index (κ2) is 7.37. The summed E-state index contributed by atoms with van der Waals surface area (Å²) in [4.78, 5) is 12.3. The molecule has 6 nitrogen and oxygen atoms in total. The van der Waals surface area contributed by atoms with Crippen LogP contribution in [0.3, 0.4) is 0 Å². The number of carbonyl (C=O) groups excluding carboxylic acids is 1. The van der Waals surface area contributed by atoms with Crippen LogP contribution in [0.2, 0.25) is 0 Å². The van der Waals surface area contributed by atoms with Gasteiger partial charge in [0.05, 0.1) is 13.3 Å². The molecule has 3 rings (SSSR count). The van der Waals surface area contributed by atoms with Crippen molar-refractivity contribution in [2.75, 3.05) is 7.11 Å². The number of hydrogen-bond donors (Lipinski definition) is 1. The third-order valence-corrected chi connectivity index (χ3v) is 4.46. The average Bonchev–Trinajstić information content (AvgIpc) is 3.17. The smallest absolute Gasteiger partial charge is 0.307 e. The number of methoxy groups -OCH3 is 1. The molecule has 26 heavy (non-hydrogen) atoms. The van der Waals surface area contributed by atoms with Crippen molar-refractivity contribution in [2.24, 2.45) is 5.10 Å². The van der Waals surface area contributed by atoms with Crippen molar-refractivity contribution in [3.05, 3.63) is 52.0 Å². The van der Waals surface area contributed by atoms with Crippen molar-refractivity contribution in [3.63, 3.8) is 0 Å². The van der Waals surface area contributed by atoms with E-state index >= 15 is 0 Å². The monoisotopic (exact) mass is 417 g/mol. The van der Waals surface area contributed by atoms with E-state index in [1.165, 1.54) is 0 Å². The fourth-order valence-electron chi connectivity index (χ4n) is 2.81. The normalized spacial score (nSPS) is 11.6. The van der Waals surface area contributed by atoms with Gasteiger partial charge in [0.25, 0.3) is 0 Å². The van der Waals surface area contributed by atoms with E-state index in [-0.39, 0.29) is 5.76 Å². The summed E-state index contributed by atoms with van der Waals surface area (Å²) < 4.78 is 13.9. The van der Waals surface area contributed by atoms with E-state index in [1.807, 2.05) is 25.3 Å². The molecule has 0 unspecified atom stereocenters. The molecule has 3 aromatic rings. The zero-order valence-corrected chi connectivity index (χ0v) is 16.6. The molecule has 2 heterocycles. The lowest BCUT2D eigenvalue weighted by Gasteiger charge is -2.08. The maximum absolute atomic E-state index is 12.3. The number of nitrogens with one attached hydrogen (secondary N) is 1. The van der Waals surface area contributed by atoms with E-state index < -0.39 is 5.91 Å². The van der Waals surface area contributed by atoms with E-state index in [9.17, 15) is 4.79 Å². The highest BCUT2D eigenvalue weighted by Gasteiger charge is 2.15. The minimum Gasteiger partial charge on any atom is -0.493 e. The van der Waals surface area contributed by atoms with Crippen molar-refractivity contribution < 1.29 is 13.9 Å². The number of ether oxygens (including phenoxy) is 1. The van der Waals surface area contributed by atoms with Crippen LogP contribution in [0.15, 0.2) is 44.5 Å². The van der Waals surface area contributed by atoms with Crippen LogP contribution in [0.4, 0.5) is 0 Å².